The summed E-state index contributed by atoms with van der Waals surface area (Å²) in [5.41, 5.74) is 3.28. The number of amides is 2. The molecule has 0 fully saturated rings. The van der Waals surface area contributed by atoms with Crippen molar-refractivity contribution in [1.82, 2.24) is 15.1 Å². The first-order valence-electron chi connectivity index (χ1n) is 15.6. The van der Waals surface area contributed by atoms with Crippen molar-refractivity contribution in [3.63, 3.8) is 0 Å². The van der Waals surface area contributed by atoms with Crippen molar-refractivity contribution < 1.29 is 28.2 Å². The normalized spacial score (nSPS) is 12.2. The van der Waals surface area contributed by atoms with Crippen LogP contribution in [0, 0.1) is 12.7 Å². The van der Waals surface area contributed by atoms with E-state index in [0.717, 1.165) is 12.0 Å². The van der Waals surface area contributed by atoms with Crippen LogP contribution >= 0.6 is 23.2 Å². The van der Waals surface area contributed by atoms with E-state index >= 15 is 4.39 Å². The van der Waals surface area contributed by atoms with Crippen molar-refractivity contribution in [3.8, 4) is 22.6 Å². The number of nitrogens with zero attached hydrogens (tertiary/aromatic N) is 3. The summed E-state index contributed by atoms with van der Waals surface area (Å²) in [5, 5.41) is 8.38. The topological polar surface area (TPSA) is 94.9 Å². The zero-order valence-corrected chi connectivity index (χ0v) is 28.5. The molecule has 0 aliphatic carbocycles. The molecule has 0 radical (unpaired) electrons. The molecular formula is C35H39Cl2FN4O5. The molecule has 250 valence electrons. The second-order valence-electron chi connectivity index (χ2n) is 10.5. The number of rotatable bonds is 10. The van der Waals surface area contributed by atoms with Crippen molar-refractivity contribution in [2.45, 2.75) is 47.1 Å². The van der Waals surface area contributed by atoms with Crippen molar-refractivity contribution in [3.05, 3.63) is 93.5 Å². The van der Waals surface area contributed by atoms with E-state index in [9.17, 15) is 9.59 Å². The quantitative estimate of drug-likeness (QED) is 0.169. The Hall–Kier alpha value is -4.28. The Balaban J connectivity index is 0.00000245. The third kappa shape index (κ3) is 8.96. The first-order valence-corrected chi connectivity index (χ1v) is 16.4. The molecule has 4 aromatic rings. The number of fused-ring (bicyclic) bond motifs is 1. The summed E-state index contributed by atoms with van der Waals surface area (Å²) in [6.45, 7) is 9.39. The predicted octanol–water partition coefficient (Wildman–Crippen LogP) is 8.32. The van der Waals surface area contributed by atoms with Crippen LogP contribution in [0.1, 0.15) is 55.1 Å². The average molecular weight is 686 g/mol. The van der Waals surface area contributed by atoms with Crippen molar-refractivity contribution in [2.24, 2.45) is 0 Å². The van der Waals surface area contributed by atoms with Crippen LogP contribution in [0.3, 0.4) is 0 Å². The molecule has 1 N–H and O–H groups in total. The summed E-state index contributed by atoms with van der Waals surface area (Å²) < 4.78 is 34.0. The third-order valence-corrected chi connectivity index (χ3v) is 8.00. The highest BCUT2D eigenvalue weighted by Gasteiger charge is 2.27. The van der Waals surface area contributed by atoms with Gasteiger partial charge >= 0.3 is 6.09 Å². The summed E-state index contributed by atoms with van der Waals surface area (Å²) in [6.07, 6.45) is 4.03. The van der Waals surface area contributed by atoms with E-state index < -0.39 is 11.9 Å². The monoisotopic (exact) mass is 684 g/mol. The van der Waals surface area contributed by atoms with Gasteiger partial charge in [-0.15, -0.1) is 0 Å². The van der Waals surface area contributed by atoms with Gasteiger partial charge in [-0.3, -0.25) is 14.4 Å². The maximum absolute atomic E-state index is 15.0. The van der Waals surface area contributed by atoms with E-state index in [1.807, 2.05) is 27.7 Å². The number of hydrogen-bond acceptors (Lipinski definition) is 6. The zero-order valence-electron chi connectivity index (χ0n) is 26.9. The molecule has 0 saturated heterocycles. The zero-order chi connectivity index (χ0) is 33.9. The third-order valence-electron chi connectivity index (χ3n) is 7.22. The maximum Gasteiger partial charge on any atom is 0.414 e. The van der Waals surface area contributed by atoms with Crippen LogP contribution in [0.2, 0.25) is 10.0 Å². The molecule has 2 amide bonds. The number of benzene rings is 3. The Labute approximate surface area is 284 Å². The van der Waals surface area contributed by atoms with Crippen LogP contribution in [-0.2, 0) is 11.3 Å². The lowest BCUT2D eigenvalue weighted by atomic mass is 10.1. The smallest absolute Gasteiger partial charge is 0.414 e. The van der Waals surface area contributed by atoms with Gasteiger partial charge in [0.15, 0.2) is 5.75 Å². The van der Waals surface area contributed by atoms with Crippen molar-refractivity contribution in [1.29, 1.82) is 0 Å². The molecule has 0 atom stereocenters. The number of anilines is 1. The summed E-state index contributed by atoms with van der Waals surface area (Å²) in [7, 11) is 0. The van der Waals surface area contributed by atoms with Gasteiger partial charge in [0.05, 0.1) is 25.0 Å². The fraction of sp³-hybridized carbons (Fsp3) is 0.343. The molecule has 0 saturated carbocycles. The Kier molecular flexibility index (Phi) is 12.9. The van der Waals surface area contributed by atoms with E-state index in [2.05, 4.69) is 10.4 Å². The lowest BCUT2D eigenvalue weighted by Gasteiger charge is -2.22. The van der Waals surface area contributed by atoms with E-state index in [1.54, 1.807) is 53.5 Å². The van der Waals surface area contributed by atoms with Crippen LogP contribution in [0.25, 0.3) is 11.1 Å². The molecule has 0 bridgehead atoms. The number of nitrogens with one attached hydrogen (secondary N) is 1. The number of halogens is 3. The van der Waals surface area contributed by atoms with Gasteiger partial charge in [-0.2, -0.15) is 5.10 Å². The average Bonchev–Trinajstić information content (AvgIpc) is 3.43. The van der Waals surface area contributed by atoms with Gasteiger partial charge in [0.25, 0.3) is 5.91 Å². The molecule has 5 rings (SSSR count). The van der Waals surface area contributed by atoms with Crippen LogP contribution in [0.15, 0.2) is 60.9 Å². The molecule has 0 unspecified atom stereocenters. The predicted molar refractivity (Wildman–Crippen MR) is 183 cm³/mol. The van der Waals surface area contributed by atoms with E-state index in [4.69, 9.17) is 37.4 Å². The summed E-state index contributed by atoms with van der Waals surface area (Å²) in [5.74, 6) is 0.228. The Morgan fingerprint density at radius 3 is 2.68 bits per heavy atom. The summed E-state index contributed by atoms with van der Waals surface area (Å²) in [4.78, 5) is 27.0. The lowest BCUT2D eigenvalue weighted by Crippen LogP contribution is -2.33. The second kappa shape index (κ2) is 17.0. The molecule has 12 heteroatoms. The Bertz CT molecular complexity index is 1700. The number of carbonyl (C=O) groups is 2. The number of hydrogen-bond donors (Lipinski definition) is 1. The summed E-state index contributed by atoms with van der Waals surface area (Å²) in [6, 6.07) is 13.0. The maximum atomic E-state index is 15.0. The first-order chi connectivity index (χ1) is 22.7. The van der Waals surface area contributed by atoms with Crippen LogP contribution in [-0.4, -0.2) is 54.7 Å². The summed E-state index contributed by atoms with van der Waals surface area (Å²) >= 11 is 12.6. The van der Waals surface area contributed by atoms with Crippen LogP contribution in [0.4, 0.5) is 14.9 Å². The first kappa shape index (κ1) is 35.6. The highest BCUT2D eigenvalue weighted by atomic mass is 35.5. The van der Waals surface area contributed by atoms with Gasteiger partial charge in [0, 0.05) is 57.7 Å². The Morgan fingerprint density at radius 2 is 1.89 bits per heavy atom. The fourth-order valence-electron chi connectivity index (χ4n) is 4.90. The highest BCUT2D eigenvalue weighted by Crippen LogP contribution is 2.41. The van der Waals surface area contributed by atoms with Gasteiger partial charge in [0.1, 0.15) is 24.8 Å². The second-order valence-corrected chi connectivity index (χ2v) is 11.3. The molecule has 1 aliphatic rings. The minimum absolute atomic E-state index is 0.0174. The number of ether oxygens (including phenoxy) is 3. The van der Waals surface area contributed by atoms with Gasteiger partial charge in [-0.05, 0) is 61.7 Å². The molecule has 1 aromatic heterocycles. The molecule has 3 aromatic carbocycles. The van der Waals surface area contributed by atoms with Crippen LogP contribution < -0.4 is 19.7 Å². The van der Waals surface area contributed by atoms with Gasteiger partial charge in [-0.1, -0.05) is 50.0 Å². The molecule has 1 aliphatic heterocycles. The molecule has 2 heterocycles. The minimum Gasteiger partial charge on any atom is -0.491 e. The molecule has 0 spiro atoms. The number of aromatic nitrogens is 2. The van der Waals surface area contributed by atoms with E-state index in [0.29, 0.717) is 63.4 Å². The molecular weight excluding hydrogens is 646 g/mol. The van der Waals surface area contributed by atoms with Crippen LogP contribution in [0.5, 0.6) is 11.5 Å². The largest absolute Gasteiger partial charge is 0.491 e. The highest BCUT2D eigenvalue weighted by molar-refractivity contribution is 6.31. The minimum atomic E-state index is -0.641. The SMILES string of the molecule is CC.CCCNC(=O)c1ccc(Cl)c(Cn2cc(-c3cc(F)cc4c3OCCCN4C(=O)OCCOc3cccc(Cl)c3C)cn2)c1. The van der Waals surface area contributed by atoms with E-state index in [-0.39, 0.29) is 37.9 Å². The fourth-order valence-corrected chi connectivity index (χ4v) is 5.24. The van der Waals surface area contributed by atoms with Gasteiger partial charge in [0.2, 0.25) is 0 Å². The standard InChI is InChI=1S/C33H33Cl2FN4O5.C2H6/c1-3-10-37-32(41)22-8-9-28(35)23(15-22)19-39-20-24(18-38-39)26-16-25(36)17-29-31(26)44-12-5-11-40(29)33(42)45-14-13-43-30-7-4-6-27(34)21(30)2;1-2/h4,6-9,15-18,20H,3,5,10-14,19H2,1-2H3,(H,37,41);1-2H3. The Morgan fingerprint density at radius 1 is 1.09 bits per heavy atom. The number of carbonyl (C=O) groups excluding carboxylic acids is 2. The molecule has 47 heavy (non-hydrogen) atoms. The molecule has 9 nitrogen and oxygen atoms in total. The van der Waals surface area contributed by atoms with E-state index in [1.165, 1.54) is 17.0 Å². The lowest BCUT2D eigenvalue weighted by molar-refractivity contribution is 0.0953. The van der Waals surface area contributed by atoms with Gasteiger partial charge in [-0.25, -0.2) is 9.18 Å². The van der Waals surface area contributed by atoms with Crippen molar-refractivity contribution in [2.75, 3.05) is 37.8 Å². The van der Waals surface area contributed by atoms with Crippen molar-refractivity contribution >= 4 is 40.9 Å². The van der Waals surface area contributed by atoms with Gasteiger partial charge < -0.3 is 19.5 Å².